The van der Waals surface area contributed by atoms with Crippen LogP contribution in [0.3, 0.4) is 0 Å². The number of rotatable bonds is 5. The summed E-state index contributed by atoms with van der Waals surface area (Å²) in [5, 5.41) is 9.00. The summed E-state index contributed by atoms with van der Waals surface area (Å²) >= 11 is 0. The van der Waals surface area contributed by atoms with Gasteiger partial charge in [-0.1, -0.05) is 30.3 Å². The highest BCUT2D eigenvalue weighted by molar-refractivity contribution is 5.86. The van der Waals surface area contributed by atoms with E-state index >= 15 is 0 Å². The molecule has 0 saturated carbocycles. The number of aliphatic carboxylic acids is 1. The Balaban J connectivity index is 1.95. The van der Waals surface area contributed by atoms with Gasteiger partial charge in [0.05, 0.1) is 6.61 Å². The largest absolute Gasteiger partial charge is 0.480 e. The molecule has 22 heavy (non-hydrogen) atoms. The third-order valence-electron chi connectivity index (χ3n) is 3.96. The number of hydrogen-bond donors (Lipinski definition) is 1. The Morgan fingerprint density at radius 2 is 2.09 bits per heavy atom. The highest BCUT2D eigenvalue weighted by atomic mass is 16.5. The minimum absolute atomic E-state index is 0.285. The van der Waals surface area contributed by atoms with Gasteiger partial charge < -0.3 is 14.7 Å². The summed E-state index contributed by atoms with van der Waals surface area (Å²) in [5.74, 6) is -1.31. The van der Waals surface area contributed by atoms with Gasteiger partial charge in [-0.3, -0.25) is 9.69 Å². The molecule has 0 radical (unpaired) electrons. The van der Waals surface area contributed by atoms with Crippen LogP contribution in [-0.4, -0.2) is 65.7 Å². The second kappa shape index (κ2) is 7.38. The number of benzene rings is 1. The van der Waals surface area contributed by atoms with E-state index in [2.05, 4.69) is 4.90 Å². The number of carbonyl (C=O) groups is 2. The van der Waals surface area contributed by atoms with E-state index < -0.39 is 18.1 Å². The van der Waals surface area contributed by atoms with Gasteiger partial charge in [0.15, 0.2) is 0 Å². The van der Waals surface area contributed by atoms with Gasteiger partial charge in [0, 0.05) is 26.7 Å². The molecule has 2 rings (SSSR count). The Kier molecular flexibility index (Phi) is 5.51. The fourth-order valence-corrected chi connectivity index (χ4v) is 2.42. The van der Waals surface area contributed by atoms with E-state index in [1.54, 1.807) is 0 Å². The predicted molar refractivity (Wildman–Crippen MR) is 81.3 cm³/mol. The van der Waals surface area contributed by atoms with Gasteiger partial charge in [0.25, 0.3) is 5.91 Å². The minimum atomic E-state index is -1.02. The van der Waals surface area contributed by atoms with Gasteiger partial charge in [-0.15, -0.1) is 0 Å². The van der Waals surface area contributed by atoms with Crippen molar-refractivity contribution in [3.63, 3.8) is 0 Å². The van der Waals surface area contributed by atoms with E-state index in [1.807, 2.05) is 30.3 Å². The maximum Gasteiger partial charge on any atom is 0.326 e. The van der Waals surface area contributed by atoms with Crippen LogP contribution in [-0.2, 0) is 20.9 Å². The van der Waals surface area contributed by atoms with Crippen LogP contribution < -0.4 is 0 Å². The summed E-state index contributed by atoms with van der Waals surface area (Å²) < 4.78 is 5.53. The summed E-state index contributed by atoms with van der Waals surface area (Å²) in [6.07, 6.45) is -0.607. The lowest BCUT2D eigenvalue weighted by Crippen LogP contribution is -2.52. The van der Waals surface area contributed by atoms with Crippen LogP contribution in [0.25, 0.3) is 0 Å². The SMILES string of the molecule is C[C@H](C(=O)O)N(C)C(=O)[C@H]1CN(Cc2ccccc2)CCO1. The van der Waals surface area contributed by atoms with E-state index in [1.165, 1.54) is 24.4 Å². The first-order valence-corrected chi connectivity index (χ1v) is 7.36. The summed E-state index contributed by atoms with van der Waals surface area (Å²) in [6, 6.07) is 9.18. The second-order valence-corrected chi connectivity index (χ2v) is 5.54. The zero-order chi connectivity index (χ0) is 16.1. The number of nitrogens with zero attached hydrogens (tertiary/aromatic N) is 2. The van der Waals surface area contributed by atoms with Crippen LogP contribution in [0.5, 0.6) is 0 Å². The van der Waals surface area contributed by atoms with E-state index in [4.69, 9.17) is 9.84 Å². The molecular weight excluding hydrogens is 284 g/mol. The van der Waals surface area contributed by atoms with Crippen molar-refractivity contribution >= 4 is 11.9 Å². The Hall–Kier alpha value is -1.92. The molecule has 1 aromatic rings. The fourth-order valence-electron chi connectivity index (χ4n) is 2.42. The number of amides is 1. The van der Waals surface area contributed by atoms with Crippen LogP contribution >= 0.6 is 0 Å². The lowest BCUT2D eigenvalue weighted by atomic mass is 10.1. The van der Waals surface area contributed by atoms with E-state index in [0.717, 1.165) is 13.1 Å². The highest BCUT2D eigenvalue weighted by Gasteiger charge is 2.32. The van der Waals surface area contributed by atoms with Crippen molar-refractivity contribution in [3.05, 3.63) is 35.9 Å². The molecule has 0 aromatic heterocycles. The maximum atomic E-state index is 12.4. The van der Waals surface area contributed by atoms with Crippen molar-refractivity contribution < 1.29 is 19.4 Å². The average Bonchev–Trinajstić information content (AvgIpc) is 2.54. The third kappa shape index (κ3) is 4.05. The molecule has 1 aliphatic heterocycles. The smallest absolute Gasteiger partial charge is 0.326 e. The number of ether oxygens (including phenoxy) is 1. The molecule has 1 heterocycles. The molecule has 120 valence electrons. The molecule has 6 nitrogen and oxygen atoms in total. The predicted octanol–water partition coefficient (Wildman–Crippen LogP) is 0.819. The van der Waals surface area contributed by atoms with Gasteiger partial charge in [0.2, 0.25) is 0 Å². The number of carboxylic acids is 1. The summed E-state index contributed by atoms with van der Waals surface area (Å²) in [4.78, 5) is 26.7. The van der Waals surface area contributed by atoms with Crippen molar-refractivity contribution in [2.75, 3.05) is 26.7 Å². The lowest BCUT2D eigenvalue weighted by molar-refractivity contribution is -0.157. The van der Waals surface area contributed by atoms with Gasteiger partial charge in [-0.2, -0.15) is 0 Å². The molecule has 0 bridgehead atoms. The molecule has 0 spiro atoms. The standard InChI is InChI=1S/C16H22N2O4/c1-12(16(20)21)17(2)15(19)14-11-18(8-9-22-14)10-13-6-4-3-5-7-13/h3-7,12,14H,8-11H2,1-2H3,(H,20,21)/t12-,14-/m1/s1. The van der Waals surface area contributed by atoms with Gasteiger partial charge in [-0.05, 0) is 12.5 Å². The molecule has 1 amide bonds. The Labute approximate surface area is 130 Å². The monoisotopic (exact) mass is 306 g/mol. The van der Waals surface area contributed by atoms with Crippen molar-refractivity contribution in [2.45, 2.75) is 25.6 Å². The van der Waals surface area contributed by atoms with Gasteiger partial charge in [-0.25, -0.2) is 4.79 Å². The highest BCUT2D eigenvalue weighted by Crippen LogP contribution is 2.13. The zero-order valence-corrected chi connectivity index (χ0v) is 12.9. The molecule has 1 saturated heterocycles. The Morgan fingerprint density at radius 1 is 1.41 bits per heavy atom. The van der Waals surface area contributed by atoms with Crippen molar-refractivity contribution in [2.24, 2.45) is 0 Å². The number of likely N-dealkylation sites (N-methyl/N-ethyl adjacent to an activating group) is 1. The topological polar surface area (TPSA) is 70.1 Å². The minimum Gasteiger partial charge on any atom is -0.480 e. The Bertz CT molecular complexity index is 520. The first kappa shape index (κ1) is 16.5. The lowest BCUT2D eigenvalue weighted by Gasteiger charge is -2.34. The first-order valence-electron chi connectivity index (χ1n) is 7.36. The number of carboxylic acid groups (broad SMARTS) is 1. The van der Waals surface area contributed by atoms with E-state index in [-0.39, 0.29) is 5.91 Å². The van der Waals surface area contributed by atoms with Gasteiger partial charge >= 0.3 is 5.97 Å². The second-order valence-electron chi connectivity index (χ2n) is 5.54. The quantitative estimate of drug-likeness (QED) is 0.872. The molecule has 2 atom stereocenters. The molecule has 1 aromatic carbocycles. The average molecular weight is 306 g/mol. The van der Waals surface area contributed by atoms with Crippen molar-refractivity contribution in [1.29, 1.82) is 0 Å². The molecular formula is C16H22N2O4. The van der Waals surface area contributed by atoms with E-state index in [9.17, 15) is 9.59 Å². The van der Waals surface area contributed by atoms with Crippen molar-refractivity contribution in [3.8, 4) is 0 Å². The molecule has 6 heteroatoms. The molecule has 1 fully saturated rings. The van der Waals surface area contributed by atoms with Crippen LogP contribution in [0.2, 0.25) is 0 Å². The number of morpholine rings is 1. The van der Waals surface area contributed by atoms with Crippen LogP contribution in [0.15, 0.2) is 30.3 Å². The molecule has 1 N–H and O–H groups in total. The van der Waals surface area contributed by atoms with Crippen LogP contribution in [0.1, 0.15) is 12.5 Å². The molecule has 1 aliphatic rings. The number of carbonyl (C=O) groups excluding carboxylic acids is 1. The normalized spacial score (nSPS) is 20.4. The maximum absolute atomic E-state index is 12.4. The van der Waals surface area contributed by atoms with Crippen molar-refractivity contribution in [1.82, 2.24) is 9.80 Å². The molecule has 0 unspecified atom stereocenters. The van der Waals surface area contributed by atoms with Crippen LogP contribution in [0.4, 0.5) is 0 Å². The summed E-state index contributed by atoms with van der Waals surface area (Å²) in [5.41, 5.74) is 1.18. The summed E-state index contributed by atoms with van der Waals surface area (Å²) in [6.45, 7) is 3.96. The fraction of sp³-hybridized carbons (Fsp3) is 0.500. The van der Waals surface area contributed by atoms with Crippen LogP contribution in [0, 0.1) is 0 Å². The zero-order valence-electron chi connectivity index (χ0n) is 12.9. The van der Waals surface area contributed by atoms with E-state index in [0.29, 0.717) is 13.2 Å². The Morgan fingerprint density at radius 3 is 2.73 bits per heavy atom. The summed E-state index contributed by atoms with van der Waals surface area (Å²) in [7, 11) is 1.50. The third-order valence-corrected chi connectivity index (χ3v) is 3.96. The first-order chi connectivity index (χ1) is 10.5. The van der Waals surface area contributed by atoms with Gasteiger partial charge in [0.1, 0.15) is 12.1 Å². The molecule has 0 aliphatic carbocycles. The number of hydrogen-bond acceptors (Lipinski definition) is 4.